The normalized spacial score (nSPS) is 25.7. The molecule has 0 saturated heterocycles. The lowest BCUT2D eigenvalue weighted by Crippen LogP contribution is -2.45. The molecule has 0 aromatic heterocycles. The highest BCUT2D eigenvalue weighted by atomic mass is 32.2. The van der Waals surface area contributed by atoms with Crippen molar-refractivity contribution < 1.29 is 13.2 Å². The van der Waals surface area contributed by atoms with Gasteiger partial charge in [0.15, 0.2) is 0 Å². The van der Waals surface area contributed by atoms with Crippen LogP contribution in [-0.2, 0) is 21.2 Å². The molecule has 2 aliphatic carbocycles. The Balaban J connectivity index is 1.68. The predicted octanol–water partition coefficient (Wildman–Crippen LogP) is 2.32. The molecule has 0 aliphatic heterocycles. The van der Waals surface area contributed by atoms with E-state index in [0.717, 1.165) is 30.6 Å². The van der Waals surface area contributed by atoms with Crippen LogP contribution in [0.25, 0.3) is 0 Å². The van der Waals surface area contributed by atoms with Crippen LogP contribution in [0, 0.1) is 11.8 Å². The number of carbonyl (C=O) groups excluding carboxylic acids is 1. The first-order valence-electron chi connectivity index (χ1n) is 8.73. The molecule has 0 radical (unpaired) electrons. The summed E-state index contributed by atoms with van der Waals surface area (Å²) in [7, 11) is -3.50. The lowest BCUT2D eigenvalue weighted by molar-refractivity contribution is -0.120. The molecule has 132 valence electrons. The van der Waals surface area contributed by atoms with Crippen LogP contribution in [0.4, 0.5) is 5.69 Å². The summed E-state index contributed by atoms with van der Waals surface area (Å²) in [4.78, 5) is 12.4. The molecule has 2 bridgehead atoms. The number of rotatable bonds is 6. The molecule has 1 aromatic carbocycles. The summed E-state index contributed by atoms with van der Waals surface area (Å²) < 4.78 is 25.5. The van der Waals surface area contributed by atoms with E-state index in [2.05, 4.69) is 5.32 Å². The van der Waals surface area contributed by atoms with Crippen LogP contribution >= 0.6 is 0 Å². The molecule has 2 fully saturated rings. The van der Waals surface area contributed by atoms with Gasteiger partial charge in [0.1, 0.15) is 6.54 Å². The van der Waals surface area contributed by atoms with Crippen molar-refractivity contribution in [1.82, 2.24) is 5.32 Å². The Kier molecular flexibility index (Phi) is 4.85. The summed E-state index contributed by atoms with van der Waals surface area (Å²) >= 11 is 0. The summed E-state index contributed by atoms with van der Waals surface area (Å²) in [6, 6.07) is 7.57. The molecule has 0 spiro atoms. The molecule has 3 atom stereocenters. The van der Waals surface area contributed by atoms with Crippen LogP contribution in [0.2, 0.25) is 0 Å². The Labute approximate surface area is 144 Å². The lowest BCUT2D eigenvalue weighted by Gasteiger charge is -2.26. The number of sulfonamides is 1. The molecule has 1 amide bonds. The topological polar surface area (TPSA) is 66.5 Å². The average Bonchev–Trinajstić information content (AvgIpc) is 3.14. The van der Waals surface area contributed by atoms with Crippen molar-refractivity contribution in [1.29, 1.82) is 0 Å². The zero-order valence-corrected chi connectivity index (χ0v) is 15.2. The monoisotopic (exact) mass is 350 g/mol. The Bertz CT molecular complexity index is 699. The first-order valence-corrected chi connectivity index (χ1v) is 10.6. The van der Waals surface area contributed by atoms with Crippen molar-refractivity contribution in [3.63, 3.8) is 0 Å². The maximum absolute atomic E-state index is 12.4. The number of benzene rings is 1. The second-order valence-corrected chi connectivity index (χ2v) is 9.05. The van der Waals surface area contributed by atoms with Crippen molar-refractivity contribution in [3.8, 4) is 0 Å². The van der Waals surface area contributed by atoms with E-state index in [4.69, 9.17) is 0 Å². The van der Waals surface area contributed by atoms with Crippen LogP contribution in [0.1, 0.15) is 38.2 Å². The van der Waals surface area contributed by atoms with Crippen molar-refractivity contribution in [3.05, 3.63) is 29.8 Å². The molecule has 1 aromatic rings. The van der Waals surface area contributed by atoms with Gasteiger partial charge in [-0.15, -0.1) is 0 Å². The van der Waals surface area contributed by atoms with Gasteiger partial charge in [-0.1, -0.05) is 25.5 Å². The van der Waals surface area contributed by atoms with Gasteiger partial charge in [0.25, 0.3) is 0 Å². The summed E-state index contributed by atoms with van der Waals surface area (Å²) in [6.45, 7) is 1.89. The highest BCUT2D eigenvalue weighted by Gasteiger charge is 2.40. The van der Waals surface area contributed by atoms with Crippen molar-refractivity contribution in [2.75, 3.05) is 17.1 Å². The number of aryl methyl sites for hydroxylation is 1. The van der Waals surface area contributed by atoms with Gasteiger partial charge in [0.2, 0.25) is 15.9 Å². The van der Waals surface area contributed by atoms with Crippen molar-refractivity contribution in [2.45, 2.75) is 45.1 Å². The Morgan fingerprint density at radius 1 is 1.21 bits per heavy atom. The van der Waals surface area contributed by atoms with Crippen LogP contribution in [0.3, 0.4) is 0 Å². The quantitative estimate of drug-likeness (QED) is 0.856. The van der Waals surface area contributed by atoms with E-state index in [9.17, 15) is 13.2 Å². The zero-order chi connectivity index (χ0) is 17.3. The van der Waals surface area contributed by atoms with Gasteiger partial charge in [-0.05, 0) is 55.2 Å². The second kappa shape index (κ2) is 6.75. The fraction of sp³-hybridized carbons (Fsp3) is 0.611. The molecule has 6 heteroatoms. The molecule has 2 aliphatic rings. The van der Waals surface area contributed by atoms with Crippen LogP contribution in [0.5, 0.6) is 0 Å². The molecule has 0 heterocycles. The van der Waals surface area contributed by atoms with E-state index in [1.54, 1.807) is 12.1 Å². The first-order chi connectivity index (χ1) is 11.4. The fourth-order valence-corrected chi connectivity index (χ4v) is 4.96. The zero-order valence-electron chi connectivity index (χ0n) is 14.4. The maximum Gasteiger partial charge on any atom is 0.241 e. The molecule has 3 rings (SSSR count). The van der Waals surface area contributed by atoms with Gasteiger partial charge in [-0.2, -0.15) is 0 Å². The van der Waals surface area contributed by atoms with Gasteiger partial charge in [-0.25, -0.2) is 8.42 Å². The smallest absolute Gasteiger partial charge is 0.241 e. The first kappa shape index (κ1) is 17.3. The molecular formula is C18H26N2O3S. The largest absolute Gasteiger partial charge is 0.352 e. The van der Waals surface area contributed by atoms with E-state index in [0.29, 0.717) is 11.6 Å². The Morgan fingerprint density at radius 2 is 1.92 bits per heavy atom. The van der Waals surface area contributed by atoms with E-state index >= 15 is 0 Å². The summed E-state index contributed by atoms with van der Waals surface area (Å²) in [5, 5.41) is 3.06. The van der Waals surface area contributed by atoms with Crippen LogP contribution in [0.15, 0.2) is 24.3 Å². The summed E-state index contributed by atoms with van der Waals surface area (Å²) in [5.74, 6) is 1.11. The van der Waals surface area contributed by atoms with E-state index in [-0.39, 0.29) is 18.5 Å². The number of carbonyl (C=O) groups is 1. The number of fused-ring (bicyclic) bond motifs is 2. The third kappa shape index (κ3) is 3.74. The second-order valence-electron chi connectivity index (χ2n) is 7.14. The highest BCUT2D eigenvalue weighted by Crippen LogP contribution is 2.44. The lowest BCUT2D eigenvalue weighted by atomic mass is 9.95. The number of hydrogen-bond donors (Lipinski definition) is 1. The maximum atomic E-state index is 12.4. The third-order valence-corrected chi connectivity index (χ3v) is 6.55. The predicted molar refractivity (Wildman–Crippen MR) is 95.4 cm³/mol. The number of amides is 1. The standard InChI is InChI=1S/C18H26N2O3S/c1-3-13-5-8-16(9-6-13)20(24(2,22)23)12-18(21)19-17-11-14-4-7-15(17)10-14/h5-6,8-9,14-15,17H,3-4,7,10-12H2,1-2H3,(H,19,21)/t14-,15+,17+/m0/s1. The number of nitrogens with one attached hydrogen (secondary N) is 1. The number of nitrogens with zero attached hydrogens (tertiary/aromatic N) is 1. The molecule has 0 unspecified atom stereocenters. The van der Waals surface area contributed by atoms with Crippen LogP contribution < -0.4 is 9.62 Å². The van der Waals surface area contributed by atoms with E-state index < -0.39 is 10.0 Å². The minimum Gasteiger partial charge on any atom is -0.352 e. The minimum atomic E-state index is -3.50. The van der Waals surface area contributed by atoms with E-state index in [1.165, 1.54) is 23.6 Å². The molecule has 1 N–H and O–H groups in total. The summed E-state index contributed by atoms with van der Waals surface area (Å²) in [5.41, 5.74) is 1.68. The van der Waals surface area contributed by atoms with E-state index in [1.807, 2.05) is 19.1 Å². The number of hydrogen-bond acceptors (Lipinski definition) is 3. The Hall–Kier alpha value is -1.56. The SMILES string of the molecule is CCc1ccc(N(CC(=O)N[C@@H]2C[C@H]3CC[C@@H]2C3)S(C)(=O)=O)cc1. The Morgan fingerprint density at radius 3 is 2.42 bits per heavy atom. The van der Waals surface area contributed by atoms with Gasteiger partial charge >= 0.3 is 0 Å². The summed E-state index contributed by atoms with van der Waals surface area (Å²) in [6.07, 6.45) is 6.75. The highest BCUT2D eigenvalue weighted by molar-refractivity contribution is 7.92. The minimum absolute atomic E-state index is 0.155. The van der Waals surface area contributed by atoms with Gasteiger partial charge in [0, 0.05) is 6.04 Å². The van der Waals surface area contributed by atoms with Gasteiger partial charge < -0.3 is 5.32 Å². The number of anilines is 1. The molecular weight excluding hydrogens is 324 g/mol. The van der Waals surface area contributed by atoms with Gasteiger partial charge in [-0.3, -0.25) is 9.10 Å². The molecule has 24 heavy (non-hydrogen) atoms. The molecule has 2 saturated carbocycles. The fourth-order valence-electron chi connectivity index (χ4n) is 4.10. The van der Waals surface area contributed by atoms with Crippen LogP contribution in [-0.4, -0.2) is 33.2 Å². The molecule has 5 nitrogen and oxygen atoms in total. The van der Waals surface area contributed by atoms with Gasteiger partial charge in [0.05, 0.1) is 11.9 Å². The third-order valence-electron chi connectivity index (χ3n) is 5.40. The van der Waals surface area contributed by atoms with Crippen molar-refractivity contribution >= 4 is 21.6 Å². The average molecular weight is 350 g/mol. The van der Waals surface area contributed by atoms with Crippen molar-refractivity contribution in [2.24, 2.45) is 11.8 Å².